The normalized spacial score (nSPS) is 15.8. The van der Waals surface area contributed by atoms with Crippen LogP contribution in [-0.2, 0) is 16.0 Å². The first-order chi connectivity index (χ1) is 11.9. The number of hydrogen-bond donors (Lipinski definition) is 1. The van der Waals surface area contributed by atoms with Gasteiger partial charge in [0.05, 0.1) is 18.9 Å². The number of nitrogens with zero attached hydrogens (tertiary/aromatic N) is 1. The van der Waals surface area contributed by atoms with Crippen LogP contribution in [-0.4, -0.2) is 48.8 Å². The number of alkyl halides is 1. The van der Waals surface area contributed by atoms with Crippen molar-refractivity contribution >= 4 is 23.4 Å². The molecular formula is C19H27ClN2O3. The van der Waals surface area contributed by atoms with Crippen molar-refractivity contribution in [3.05, 3.63) is 29.8 Å². The Bertz CT molecular complexity index is 593. The van der Waals surface area contributed by atoms with E-state index in [2.05, 4.69) is 5.32 Å². The van der Waals surface area contributed by atoms with Gasteiger partial charge in [0.25, 0.3) is 0 Å². The van der Waals surface area contributed by atoms with Crippen LogP contribution in [0.15, 0.2) is 24.3 Å². The molecule has 1 aliphatic rings. The number of hydrogen-bond acceptors (Lipinski definition) is 3. The summed E-state index contributed by atoms with van der Waals surface area (Å²) >= 11 is 5.84. The average Bonchev–Trinajstić information content (AvgIpc) is 2.62. The highest BCUT2D eigenvalue weighted by Gasteiger charge is 2.30. The molecule has 0 saturated carbocycles. The Balaban J connectivity index is 1.80. The van der Waals surface area contributed by atoms with Crippen LogP contribution in [0.5, 0.6) is 5.75 Å². The van der Waals surface area contributed by atoms with Crippen molar-refractivity contribution in [1.29, 1.82) is 0 Å². The maximum atomic E-state index is 12.4. The highest BCUT2D eigenvalue weighted by atomic mass is 35.5. The monoisotopic (exact) mass is 366 g/mol. The van der Waals surface area contributed by atoms with Crippen molar-refractivity contribution in [2.45, 2.75) is 39.2 Å². The molecule has 1 fully saturated rings. The summed E-state index contributed by atoms with van der Waals surface area (Å²) in [4.78, 5) is 26.5. The highest BCUT2D eigenvalue weighted by Crippen LogP contribution is 2.20. The van der Waals surface area contributed by atoms with Crippen molar-refractivity contribution in [2.24, 2.45) is 5.41 Å². The van der Waals surface area contributed by atoms with Crippen LogP contribution >= 0.6 is 11.6 Å². The molecule has 138 valence electrons. The van der Waals surface area contributed by atoms with Crippen LogP contribution in [0.4, 0.5) is 0 Å². The Morgan fingerprint density at radius 1 is 1.24 bits per heavy atom. The second kappa shape index (κ2) is 8.56. The summed E-state index contributed by atoms with van der Waals surface area (Å²) in [5.41, 5.74) is 0.410. The number of carbonyl (C=O) groups is 2. The molecule has 1 aromatic rings. The lowest BCUT2D eigenvalue weighted by Gasteiger charge is -2.34. The Labute approximate surface area is 154 Å². The van der Waals surface area contributed by atoms with Gasteiger partial charge in [-0.05, 0) is 44.4 Å². The van der Waals surface area contributed by atoms with Crippen LogP contribution in [0.2, 0.25) is 0 Å². The summed E-state index contributed by atoms with van der Waals surface area (Å²) in [5, 5.41) is 3.06. The Hall–Kier alpha value is -1.75. The summed E-state index contributed by atoms with van der Waals surface area (Å²) in [6.45, 7) is 5.01. The van der Waals surface area contributed by atoms with Crippen molar-refractivity contribution in [3.63, 3.8) is 0 Å². The van der Waals surface area contributed by atoms with Gasteiger partial charge >= 0.3 is 0 Å². The van der Waals surface area contributed by atoms with Crippen molar-refractivity contribution in [3.8, 4) is 5.75 Å². The molecule has 1 aromatic carbocycles. The van der Waals surface area contributed by atoms with E-state index in [0.29, 0.717) is 19.5 Å². The first kappa shape index (κ1) is 19.6. The number of carbonyl (C=O) groups excluding carboxylic acids is 2. The van der Waals surface area contributed by atoms with Crippen LogP contribution in [0.1, 0.15) is 32.3 Å². The third-order valence-electron chi connectivity index (χ3n) is 4.65. The summed E-state index contributed by atoms with van der Waals surface area (Å²) in [5.74, 6) is 1.17. The summed E-state index contributed by atoms with van der Waals surface area (Å²) < 4.78 is 5.13. The number of likely N-dealkylation sites (tertiary alicyclic amines) is 1. The quantitative estimate of drug-likeness (QED) is 0.787. The van der Waals surface area contributed by atoms with Gasteiger partial charge in [0.1, 0.15) is 5.75 Å². The number of rotatable bonds is 6. The number of halogens is 1. The van der Waals surface area contributed by atoms with Crippen molar-refractivity contribution in [1.82, 2.24) is 10.2 Å². The fourth-order valence-electron chi connectivity index (χ4n) is 2.74. The fraction of sp³-hybridized carbons (Fsp3) is 0.579. The van der Waals surface area contributed by atoms with Crippen molar-refractivity contribution in [2.75, 3.05) is 26.1 Å². The van der Waals surface area contributed by atoms with E-state index in [0.717, 1.165) is 24.2 Å². The van der Waals surface area contributed by atoms with E-state index in [1.54, 1.807) is 7.11 Å². The van der Waals surface area contributed by atoms with Crippen LogP contribution in [0.25, 0.3) is 0 Å². The van der Waals surface area contributed by atoms with E-state index in [4.69, 9.17) is 16.3 Å². The molecule has 6 heteroatoms. The van der Waals surface area contributed by atoms with Gasteiger partial charge in [-0.3, -0.25) is 9.59 Å². The molecule has 2 rings (SSSR count). The molecular weight excluding hydrogens is 340 g/mol. The minimum atomic E-state index is -0.567. The summed E-state index contributed by atoms with van der Waals surface area (Å²) in [7, 11) is 1.62. The first-order valence-electron chi connectivity index (χ1n) is 8.63. The maximum absolute atomic E-state index is 12.4. The predicted molar refractivity (Wildman–Crippen MR) is 98.9 cm³/mol. The van der Waals surface area contributed by atoms with Crippen molar-refractivity contribution < 1.29 is 14.3 Å². The molecule has 0 spiro atoms. The number of methoxy groups -OCH3 is 1. The SMILES string of the molecule is COc1ccc(CC(=O)N2CCC(NC(=O)C(C)(C)CCl)CC2)cc1. The van der Waals surface area contributed by atoms with E-state index in [9.17, 15) is 9.59 Å². The number of piperidine rings is 1. The third kappa shape index (κ3) is 5.36. The number of ether oxygens (including phenoxy) is 1. The lowest BCUT2D eigenvalue weighted by Crippen LogP contribution is -2.50. The molecule has 0 aromatic heterocycles. The lowest BCUT2D eigenvalue weighted by atomic mass is 9.93. The topological polar surface area (TPSA) is 58.6 Å². The zero-order valence-electron chi connectivity index (χ0n) is 15.2. The van der Waals surface area contributed by atoms with Gasteiger partial charge in [0.15, 0.2) is 0 Å². The van der Waals surface area contributed by atoms with Gasteiger partial charge in [-0.25, -0.2) is 0 Å². The second-order valence-electron chi connectivity index (χ2n) is 7.17. The molecule has 1 saturated heterocycles. The molecule has 0 radical (unpaired) electrons. The molecule has 2 amide bonds. The molecule has 1 heterocycles. The second-order valence-corrected chi connectivity index (χ2v) is 7.44. The first-order valence-corrected chi connectivity index (χ1v) is 9.17. The molecule has 1 N–H and O–H groups in total. The van der Waals surface area contributed by atoms with Crippen LogP contribution < -0.4 is 10.1 Å². The number of nitrogens with one attached hydrogen (secondary N) is 1. The summed E-state index contributed by atoms with van der Waals surface area (Å²) in [6.07, 6.45) is 1.94. The van der Waals surface area contributed by atoms with E-state index < -0.39 is 5.41 Å². The molecule has 0 unspecified atom stereocenters. The predicted octanol–water partition coefficient (Wildman–Crippen LogP) is 2.61. The van der Waals surface area contributed by atoms with Gasteiger partial charge in [-0.1, -0.05) is 12.1 Å². The fourth-order valence-corrected chi connectivity index (χ4v) is 2.87. The Morgan fingerprint density at radius 2 is 1.84 bits per heavy atom. The molecule has 0 atom stereocenters. The van der Waals surface area contributed by atoms with E-state index in [-0.39, 0.29) is 23.7 Å². The Morgan fingerprint density at radius 3 is 2.36 bits per heavy atom. The molecule has 5 nitrogen and oxygen atoms in total. The van der Waals surface area contributed by atoms with Crippen LogP contribution in [0, 0.1) is 5.41 Å². The zero-order chi connectivity index (χ0) is 18.4. The third-order valence-corrected chi connectivity index (χ3v) is 5.31. The zero-order valence-corrected chi connectivity index (χ0v) is 15.9. The maximum Gasteiger partial charge on any atom is 0.227 e. The minimum Gasteiger partial charge on any atom is -0.497 e. The van der Waals surface area contributed by atoms with Gasteiger partial charge in [-0.15, -0.1) is 11.6 Å². The van der Waals surface area contributed by atoms with Gasteiger partial charge in [0.2, 0.25) is 11.8 Å². The average molecular weight is 367 g/mol. The van der Waals surface area contributed by atoms with Crippen LogP contribution in [0.3, 0.4) is 0 Å². The van der Waals surface area contributed by atoms with Gasteiger partial charge in [0, 0.05) is 25.0 Å². The molecule has 1 aliphatic heterocycles. The number of benzene rings is 1. The Kier molecular flexibility index (Phi) is 6.71. The molecule has 0 aliphatic carbocycles. The van der Waals surface area contributed by atoms with E-state index in [1.165, 1.54) is 0 Å². The van der Waals surface area contributed by atoms with E-state index >= 15 is 0 Å². The largest absolute Gasteiger partial charge is 0.497 e. The van der Waals surface area contributed by atoms with Gasteiger partial charge in [-0.2, -0.15) is 0 Å². The van der Waals surface area contributed by atoms with Gasteiger partial charge < -0.3 is 15.0 Å². The standard InChI is InChI=1S/C19H27ClN2O3/c1-19(2,13-20)18(24)21-15-8-10-22(11-9-15)17(23)12-14-4-6-16(25-3)7-5-14/h4-7,15H,8-13H2,1-3H3,(H,21,24). The molecule has 25 heavy (non-hydrogen) atoms. The smallest absolute Gasteiger partial charge is 0.227 e. The lowest BCUT2D eigenvalue weighted by molar-refractivity contribution is -0.132. The highest BCUT2D eigenvalue weighted by molar-refractivity contribution is 6.19. The minimum absolute atomic E-state index is 0.0227. The summed E-state index contributed by atoms with van der Waals surface area (Å²) in [6, 6.07) is 7.67. The molecule has 0 bridgehead atoms. The number of amides is 2. The van der Waals surface area contributed by atoms with E-state index in [1.807, 2.05) is 43.0 Å².